The van der Waals surface area contributed by atoms with Crippen LogP contribution in [0.1, 0.15) is 11.1 Å². The third-order valence-electron chi connectivity index (χ3n) is 8.63. The van der Waals surface area contributed by atoms with Crippen molar-refractivity contribution < 1.29 is 4.57 Å². The molecule has 2 heterocycles. The Bertz CT molecular complexity index is 2030. The Morgan fingerprint density at radius 1 is 0.667 bits per heavy atom. The molecule has 6 aromatic rings. The Labute approximate surface area is 232 Å². The van der Waals surface area contributed by atoms with E-state index in [4.69, 9.17) is 0 Å². The zero-order valence-corrected chi connectivity index (χ0v) is 24.8. The molecule has 2 nitrogen and oxygen atoms in total. The summed E-state index contributed by atoms with van der Waals surface area (Å²) in [6.45, 7) is 2.24. The number of nitrogens with zero attached hydrogens (tertiary/aromatic N) is 2. The van der Waals surface area contributed by atoms with E-state index in [2.05, 4.69) is 133 Å². The van der Waals surface area contributed by atoms with Crippen molar-refractivity contribution in [1.29, 1.82) is 5.26 Å². The monoisotopic (exact) mass is 563 g/mol. The van der Waals surface area contributed by atoms with Crippen molar-refractivity contribution in [3.8, 4) is 39.6 Å². The second-order valence-electron chi connectivity index (χ2n) is 11.2. The molecule has 0 saturated carbocycles. The molecule has 1 aliphatic heterocycles. The van der Waals surface area contributed by atoms with Gasteiger partial charge in [0.2, 0.25) is 0 Å². The first-order chi connectivity index (χ1) is 18.9. The van der Waals surface area contributed by atoms with Crippen LogP contribution in [0.2, 0.25) is 11.5 Å². The zero-order valence-electron chi connectivity index (χ0n) is 22.7. The Hall–Kier alpha value is -4.20. The minimum atomic E-state index is -2.94. The fourth-order valence-electron chi connectivity index (χ4n) is 6.93. The maximum absolute atomic E-state index is 10.5. The molecule has 0 bridgehead atoms. The molecule has 7 rings (SSSR count). The van der Waals surface area contributed by atoms with Crippen LogP contribution in [-0.2, 0) is 7.05 Å². The Morgan fingerprint density at radius 2 is 1.31 bits per heavy atom. The normalized spacial score (nSPS) is 13.3. The summed E-state index contributed by atoms with van der Waals surface area (Å²) in [6, 6.07) is 37.5. The van der Waals surface area contributed by atoms with Crippen LogP contribution >= 0.6 is 0 Å². The van der Waals surface area contributed by atoms with E-state index in [0.717, 1.165) is 11.1 Å². The van der Waals surface area contributed by atoms with Gasteiger partial charge in [-0.1, -0.05) is 0 Å². The second-order valence-corrected chi connectivity index (χ2v) is 20.1. The van der Waals surface area contributed by atoms with Gasteiger partial charge in [-0.2, -0.15) is 0 Å². The number of benzene rings is 5. The van der Waals surface area contributed by atoms with Crippen molar-refractivity contribution in [1.82, 2.24) is 0 Å². The minimum absolute atomic E-state index is 0.768. The van der Waals surface area contributed by atoms with Gasteiger partial charge in [0.05, 0.1) is 0 Å². The van der Waals surface area contributed by atoms with E-state index in [0.29, 0.717) is 0 Å². The molecule has 1 aliphatic rings. The summed E-state index contributed by atoms with van der Waals surface area (Å²) >= 11 is -2.94. The standard InChI is InChI=1S/C36H29GeN2/c1-23-16-18-29-30-19-17-25(22-38)34(31-21-24-11-5-6-12-26(24)27-13-7-8-14-28(27)31)36(30)37(2,3)35(29)33(23)32-15-9-10-20-39(32)4/h5-21H,1-4H3/q+1. The number of aryl methyl sites for hydroxylation is 2. The molecule has 39 heavy (non-hydrogen) atoms. The molecule has 0 unspecified atom stereocenters. The number of rotatable bonds is 2. The molecule has 5 aromatic carbocycles. The fraction of sp³-hybridized carbons (Fsp3) is 0.111. The molecule has 0 amide bonds. The molecule has 0 fully saturated rings. The van der Waals surface area contributed by atoms with Gasteiger partial charge >= 0.3 is 233 Å². The first-order valence-corrected chi connectivity index (χ1v) is 19.8. The van der Waals surface area contributed by atoms with Crippen LogP contribution in [0.25, 0.3) is 55.1 Å². The van der Waals surface area contributed by atoms with E-state index in [1.807, 2.05) is 6.07 Å². The molecule has 1 aromatic heterocycles. The van der Waals surface area contributed by atoms with Crippen LogP contribution in [-0.4, -0.2) is 13.3 Å². The van der Waals surface area contributed by atoms with Crippen LogP contribution in [0, 0.1) is 18.3 Å². The van der Waals surface area contributed by atoms with Crippen LogP contribution in [0.15, 0.2) is 103 Å². The summed E-state index contributed by atoms with van der Waals surface area (Å²) in [4.78, 5) is 0. The van der Waals surface area contributed by atoms with Gasteiger partial charge in [-0.15, -0.1) is 0 Å². The van der Waals surface area contributed by atoms with E-state index in [9.17, 15) is 5.26 Å². The van der Waals surface area contributed by atoms with Crippen LogP contribution in [0.3, 0.4) is 0 Å². The number of nitriles is 1. The topological polar surface area (TPSA) is 27.7 Å². The van der Waals surface area contributed by atoms with Crippen molar-refractivity contribution in [2.24, 2.45) is 7.05 Å². The van der Waals surface area contributed by atoms with Gasteiger partial charge in [0, 0.05) is 0 Å². The first-order valence-electron chi connectivity index (χ1n) is 13.5. The molecule has 0 aliphatic carbocycles. The van der Waals surface area contributed by atoms with Gasteiger partial charge in [0.15, 0.2) is 0 Å². The molecule has 0 saturated heterocycles. The summed E-state index contributed by atoms with van der Waals surface area (Å²) in [5.41, 5.74) is 9.65. The van der Waals surface area contributed by atoms with Crippen molar-refractivity contribution in [3.05, 3.63) is 114 Å². The number of fused-ring (bicyclic) bond motifs is 6. The maximum atomic E-state index is 10.5. The van der Waals surface area contributed by atoms with E-state index in [-0.39, 0.29) is 0 Å². The van der Waals surface area contributed by atoms with Gasteiger partial charge in [-0.3, -0.25) is 0 Å². The number of hydrogen-bond acceptors (Lipinski definition) is 1. The molecular formula is C36H29GeN2+. The number of hydrogen-bond donors (Lipinski definition) is 0. The van der Waals surface area contributed by atoms with Crippen molar-refractivity contribution in [3.63, 3.8) is 0 Å². The van der Waals surface area contributed by atoms with Gasteiger partial charge in [-0.25, -0.2) is 0 Å². The molecule has 0 radical (unpaired) electrons. The predicted molar refractivity (Wildman–Crippen MR) is 165 cm³/mol. The summed E-state index contributed by atoms with van der Waals surface area (Å²) < 4.78 is 5.19. The summed E-state index contributed by atoms with van der Waals surface area (Å²) in [5.74, 6) is 5.04. The van der Waals surface area contributed by atoms with E-state index >= 15 is 0 Å². The zero-order chi connectivity index (χ0) is 26.9. The Balaban J connectivity index is 1.62. The van der Waals surface area contributed by atoms with Crippen molar-refractivity contribution in [2.75, 3.05) is 0 Å². The number of pyridine rings is 1. The van der Waals surface area contributed by atoms with Crippen LogP contribution in [0.5, 0.6) is 0 Å². The molecule has 0 atom stereocenters. The molecule has 0 spiro atoms. The third kappa shape index (κ3) is 3.36. The Kier molecular flexibility index (Phi) is 5.30. The third-order valence-corrected chi connectivity index (χ3v) is 16.1. The van der Waals surface area contributed by atoms with E-state index in [1.54, 1.807) is 0 Å². The van der Waals surface area contributed by atoms with Gasteiger partial charge in [0.25, 0.3) is 0 Å². The summed E-state index contributed by atoms with van der Waals surface area (Å²) in [7, 11) is 2.14. The van der Waals surface area contributed by atoms with Gasteiger partial charge < -0.3 is 0 Å². The average Bonchev–Trinajstić information content (AvgIpc) is 3.19. The first kappa shape index (κ1) is 23.9. The molecule has 0 N–H and O–H groups in total. The van der Waals surface area contributed by atoms with Gasteiger partial charge in [-0.05, 0) is 0 Å². The average molecular weight is 562 g/mol. The SMILES string of the molecule is Cc1ccc2[c](c1-c1cccc[n+]1C)[Ge]([CH3])([CH3])[c]1c-2ccc(C#N)c1-c1cc2ccccc2c2ccccc12. The molecular weight excluding hydrogens is 533 g/mol. The van der Waals surface area contributed by atoms with E-state index < -0.39 is 13.3 Å². The molecule has 186 valence electrons. The summed E-state index contributed by atoms with van der Waals surface area (Å²) in [6.07, 6.45) is 2.14. The van der Waals surface area contributed by atoms with Crippen molar-refractivity contribution >= 4 is 43.6 Å². The summed E-state index contributed by atoms with van der Waals surface area (Å²) in [5, 5.41) is 15.4. The quantitative estimate of drug-likeness (QED) is 0.125. The fourth-order valence-corrected chi connectivity index (χ4v) is 15.1. The van der Waals surface area contributed by atoms with E-state index in [1.165, 1.54) is 63.8 Å². The van der Waals surface area contributed by atoms with Crippen molar-refractivity contribution in [2.45, 2.75) is 18.4 Å². The second kappa shape index (κ2) is 8.66. The molecule has 3 heteroatoms. The predicted octanol–water partition coefficient (Wildman–Crippen LogP) is 7.13. The Morgan fingerprint density at radius 3 is 2.05 bits per heavy atom. The van der Waals surface area contributed by atoms with Gasteiger partial charge in [0.1, 0.15) is 0 Å². The number of aromatic nitrogens is 1. The van der Waals surface area contributed by atoms with Crippen LogP contribution < -0.4 is 13.4 Å². The van der Waals surface area contributed by atoms with Crippen LogP contribution in [0.4, 0.5) is 0 Å².